The summed E-state index contributed by atoms with van der Waals surface area (Å²) in [5.41, 5.74) is 1.84. The van der Waals surface area contributed by atoms with Crippen molar-refractivity contribution in [3.05, 3.63) is 18.0 Å². The zero-order valence-corrected chi connectivity index (χ0v) is 13.9. The number of piperazine rings is 1. The number of aryl methyl sites for hydroxylation is 1. The first-order chi connectivity index (χ1) is 9.17. The van der Waals surface area contributed by atoms with E-state index in [0.717, 1.165) is 26.1 Å². The highest BCUT2D eigenvalue weighted by Crippen LogP contribution is 2.28. The van der Waals surface area contributed by atoms with Gasteiger partial charge in [0.1, 0.15) is 0 Å². The van der Waals surface area contributed by atoms with Gasteiger partial charge in [-0.15, -0.1) is 0 Å². The average molecular weight is 278 g/mol. The van der Waals surface area contributed by atoms with Crippen LogP contribution in [0.2, 0.25) is 0 Å². The van der Waals surface area contributed by atoms with Gasteiger partial charge < -0.3 is 5.32 Å². The quantitative estimate of drug-likeness (QED) is 0.919. The Morgan fingerprint density at radius 2 is 2.10 bits per heavy atom. The lowest BCUT2D eigenvalue weighted by Crippen LogP contribution is -2.64. The van der Waals surface area contributed by atoms with E-state index in [9.17, 15) is 0 Å². The molecule has 4 heteroatoms. The van der Waals surface area contributed by atoms with Crippen molar-refractivity contribution in [3.63, 3.8) is 0 Å². The van der Waals surface area contributed by atoms with Gasteiger partial charge in [-0.1, -0.05) is 20.8 Å². The van der Waals surface area contributed by atoms with Crippen LogP contribution in [0.1, 0.15) is 40.2 Å². The van der Waals surface area contributed by atoms with Gasteiger partial charge in [0.15, 0.2) is 0 Å². The number of nitrogens with zero attached hydrogens (tertiary/aromatic N) is 3. The second kappa shape index (κ2) is 5.49. The lowest BCUT2D eigenvalue weighted by atomic mass is 9.82. The molecule has 0 aromatic carbocycles. The van der Waals surface area contributed by atoms with E-state index in [4.69, 9.17) is 0 Å². The Labute approximate surface area is 123 Å². The molecule has 1 aromatic heterocycles. The number of nitrogens with one attached hydrogen (secondary N) is 1. The Morgan fingerprint density at radius 3 is 2.65 bits per heavy atom. The molecular weight excluding hydrogens is 248 g/mol. The lowest BCUT2D eigenvalue weighted by molar-refractivity contribution is 0.0342. The smallest absolute Gasteiger partial charge is 0.0522 e. The zero-order chi connectivity index (χ0) is 15.0. The minimum atomic E-state index is 0.205. The molecular formula is C16H30N4. The summed E-state index contributed by atoms with van der Waals surface area (Å²) < 4.78 is 1.89. The van der Waals surface area contributed by atoms with Crippen LogP contribution in [0, 0.1) is 5.41 Å². The maximum Gasteiger partial charge on any atom is 0.0522 e. The van der Waals surface area contributed by atoms with E-state index >= 15 is 0 Å². The molecule has 1 atom stereocenters. The van der Waals surface area contributed by atoms with Gasteiger partial charge in [0.25, 0.3) is 0 Å². The molecule has 1 aliphatic rings. The first kappa shape index (κ1) is 15.5. The third-order valence-corrected chi connectivity index (χ3v) is 4.26. The van der Waals surface area contributed by atoms with Crippen LogP contribution in [0.25, 0.3) is 0 Å². The van der Waals surface area contributed by atoms with Crippen LogP contribution in [-0.2, 0) is 13.5 Å². The topological polar surface area (TPSA) is 33.1 Å². The van der Waals surface area contributed by atoms with E-state index in [1.54, 1.807) is 0 Å². The van der Waals surface area contributed by atoms with Gasteiger partial charge in [-0.25, -0.2) is 0 Å². The van der Waals surface area contributed by atoms with Gasteiger partial charge in [-0.05, 0) is 31.2 Å². The van der Waals surface area contributed by atoms with Crippen molar-refractivity contribution in [3.8, 4) is 0 Å². The Hall–Kier alpha value is -0.870. The summed E-state index contributed by atoms with van der Waals surface area (Å²) in [6.07, 6.45) is 5.19. The fourth-order valence-electron chi connectivity index (χ4n) is 3.14. The van der Waals surface area contributed by atoms with Gasteiger partial charge in [-0.2, -0.15) is 5.10 Å². The largest absolute Gasteiger partial charge is 0.309 e. The summed E-state index contributed by atoms with van der Waals surface area (Å²) in [6, 6.07) is 0.590. The molecule has 1 unspecified atom stereocenters. The fourth-order valence-corrected chi connectivity index (χ4v) is 3.14. The normalized spacial score (nSPS) is 24.0. The van der Waals surface area contributed by atoms with Crippen molar-refractivity contribution in [2.45, 2.75) is 52.6 Å². The highest BCUT2D eigenvalue weighted by atomic mass is 15.3. The minimum Gasteiger partial charge on any atom is -0.309 e. The fraction of sp³-hybridized carbons (Fsp3) is 0.812. The molecule has 0 bridgehead atoms. The molecule has 1 aromatic rings. The molecule has 0 radical (unpaired) electrons. The molecule has 20 heavy (non-hydrogen) atoms. The van der Waals surface area contributed by atoms with Crippen molar-refractivity contribution in [2.75, 3.05) is 19.6 Å². The highest BCUT2D eigenvalue weighted by molar-refractivity contribution is 5.05. The third-order valence-electron chi connectivity index (χ3n) is 4.26. The molecule has 1 N–H and O–H groups in total. The summed E-state index contributed by atoms with van der Waals surface area (Å²) >= 11 is 0. The molecule has 1 aliphatic heterocycles. The number of hydrogen-bond acceptors (Lipinski definition) is 3. The van der Waals surface area contributed by atoms with E-state index < -0.39 is 0 Å². The molecule has 114 valence electrons. The van der Waals surface area contributed by atoms with Gasteiger partial charge in [0.2, 0.25) is 0 Å². The summed E-state index contributed by atoms with van der Waals surface area (Å²) in [5.74, 6) is 0. The van der Waals surface area contributed by atoms with Gasteiger partial charge >= 0.3 is 0 Å². The van der Waals surface area contributed by atoms with E-state index in [1.165, 1.54) is 5.56 Å². The molecule has 2 rings (SSSR count). The van der Waals surface area contributed by atoms with Crippen LogP contribution in [0.5, 0.6) is 0 Å². The van der Waals surface area contributed by atoms with Gasteiger partial charge in [0.05, 0.1) is 6.20 Å². The number of aromatic nitrogens is 2. The third kappa shape index (κ3) is 3.83. The van der Waals surface area contributed by atoms with Crippen molar-refractivity contribution >= 4 is 0 Å². The zero-order valence-electron chi connectivity index (χ0n) is 13.9. The van der Waals surface area contributed by atoms with Crippen molar-refractivity contribution in [1.82, 2.24) is 20.0 Å². The number of hydrogen-bond donors (Lipinski definition) is 1. The van der Waals surface area contributed by atoms with E-state index in [1.807, 2.05) is 17.9 Å². The molecule has 0 spiro atoms. The second-order valence-corrected chi connectivity index (χ2v) is 7.89. The molecule has 4 nitrogen and oxygen atoms in total. The van der Waals surface area contributed by atoms with Crippen molar-refractivity contribution < 1.29 is 0 Å². The predicted molar refractivity (Wildman–Crippen MR) is 83.8 cm³/mol. The monoisotopic (exact) mass is 278 g/mol. The van der Waals surface area contributed by atoms with Crippen LogP contribution < -0.4 is 5.32 Å². The minimum absolute atomic E-state index is 0.205. The Balaban J connectivity index is 2.03. The van der Waals surface area contributed by atoms with Crippen LogP contribution in [0.3, 0.4) is 0 Å². The first-order valence-electron chi connectivity index (χ1n) is 7.64. The lowest BCUT2D eigenvalue weighted by Gasteiger charge is -2.49. The molecule has 1 saturated heterocycles. The Morgan fingerprint density at radius 1 is 1.40 bits per heavy atom. The van der Waals surface area contributed by atoms with Crippen molar-refractivity contribution in [2.24, 2.45) is 12.5 Å². The molecule has 0 aliphatic carbocycles. The second-order valence-electron chi connectivity index (χ2n) is 7.89. The average Bonchev–Trinajstić information content (AvgIpc) is 2.69. The summed E-state index contributed by atoms with van der Waals surface area (Å²) in [5, 5.41) is 7.95. The van der Waals surface area contributed by atoms with E-state index in [0.29, 0.717) is 11.5 Å². The Bertz CT molecular complexity index is 442. The maximum atomic E-state index is 4.26. The van der Waals surface area contributed by atoms with Crippen molar-refractivity contribution in [1.29, 1.82) is 0 Å². The summed E-state index contributed by atoms with van der Waals surface area (Å²) in [6.45, 7) is 14.9. The molecule has 0 saturated carbocycles. The van der Waals surface area contributed by atoms with Crippen LogP contribution in [0.15, 0.2) is 12.4 Å². The highest BCUT2D eigenvalue weighted by Gasteiger charge is 2.37. The summed E-state index contributed by atoms with van der Waals surface area (Å²) in [4.78, 5) is 2.66. The first-order valence-corrected chi connectivity index (χ1v) is 7.64. The van der Waals surface area contributed by atoms with E-state index in [2.05, 4.69) is 56.1 Å². The van der Waals surface area contributed by atoms with E-state index in [-0.39, 0.29) is 5.54 Å². The van der Waals surface area contributed by atoms with Gasteiger partial charge in [-0.3, -0.25) is 9.58 Å². The van der Waals surface area contributed by atoms with Crippen LogP contribution >= 0.6 is 0 Å². The molecule has 1 fully saturated rings. The van der Waals surface area contributed by atoms with Crippen LogP contribution in [-0.4, -0.2) is 45.9 Å². The molecule has 0 amide bonds. The maximum absolute atomic E-state index is 4.26. The molecule has 2 heterocycles. The Kier molecular flexibility index (Phi) is 4.26. The SMILES string of the molecule is Cn1cc(CCN2CC(C)(C)NCC2C(C)(C)C)cn1. The standard InChI is InChI=1S/C16H30N4/c1-15(2,3)14-10-17-16(4,5)12-20(14)8-7-13-9-18-19(6)11-13/h9,11,14,17H,7-8,10,12H2,1-6H3. The van der Waals surface area contributed by atoms with Gasteiger partial charge in [0, 0.05) is 44.5 Å². The van der Waals surface area contributed by atoms with Crippen LogP contribution in [0.4, 0.5) is 0 Å². The predicted octanol–water partition coefficient (Wildman–Crippen LogP) is 2.06. The number of rotatable bonds is 3. The summed E-state index contributed by atoms with van der Waals surface area (Å²) in [7, 11) is 1.98.